The van der Waals surface area contributed by atoms with Crippen LogP contribution in [0.2, 0.25) is 5.02 Å². The van der Waals surface area contributed by atoms with Crippen molar-refractivity contribution in [2.45, 2.75) is 11.8 Å². The molecule has 4 nitrogen and oxygen atoms in total. The Hall–Kier alpha value is -1.79. The minimum absolute atomic E-state index is 0.0269. The van der Waals surface area contributed by atoms with E-state index in [9.17, 15) is 12.8 Å². The van der Waals surface area contributed by atoms with E-state index in [1.165, 1.54) is 43.3 Å². The molecule has 0 aliphatic rings. The summed E-state index contributed by atoms with van der Waals surface area (Å²) in [6.45, 7) is 1.48. The van der Waals surface area contributed by atoms with E-state index in [2.05, 4.69) is 4.72 Å². The van der Waals surface area contributed by atoms with Crippen LogP contribution >= 0.6 is 11.6 Å². The number of sulfonamides is 1. The van der Waals surface area contributed by atoms with Crippen LogP contribution in [0.15, 0.2) is 41.3 Å². The van der Waals surface area contributed by atoms with E-state index < -0.39 is 15.8 Å². The molecule has 0 aliphatic carbocycles. The van der Waals surface area contributed by atoms with Crippen LogP contribution in [0.1, 0.15) is 5.56 Å². The van der Waals surface area contributed by atoms with Gasteiger partial charge in [0.25, 0.3) is 10.0 Å². The number of halogens is 2. The van der Waals surface area contributed by atoms with Crippen molar-refractivity contribution >= 4 is 33.0 Å². The monoisotopic (exact) mass is 314 g/mol. The predicted octanol–water partition coefficient (Wildman–Crippen LogP) is 3.17. The Morgan fingerprint density at radius 3 is 2.60 bits per heavy atom. The van der Waals surface area contributed by atoms with E-state index in [0.29, 0.717) is 5.02 Å². The van der Waals surface area contributed by atoms with Crippen molar-refractivity contribution in [2.75, 3.05) is 10.5 Å². The first kappa shape index (κ1) is 14.6. The first-order valence-corrected chi connectivity index (χ1v) is 7.50. The Morgan fingerprint density at radius 2 is 1.95 bits per heavy atom. The zero-order chi connectivity index (χ0) is 14.9. The molecule has 2 aromatic carbocycles. The third kappa shape index (κ3) is 2.86. The summed E-state index contributed by atoms with van der Waals surface area (Å²) in [5.41, 5.74) is 6.06. The molecule has 0 amide bonds. The van der Waals surface area contributed by atoms with Crippen molar-refractivity contribution in [3.63, 3.8) is 0 Å². The number of hydrogen-bond acceptors (Lipinski definition) is 3. The van der Waals surface area contributed by atoms with Gasteiger partial charge in [0.2, 0.25) is 0 Å². The van der Waals surface area contributed by atoms with Crippen LogP contribution in [0.3, 0.4) is 0 Å². The largest absolute Gasteiger partial charge is 0.398 e. The SMILES string of the molecule is Cc1c(F)cccc1NS(=O)(=O)c1ccc(Cl)cc1N. The summed E-state index contributed by atoms with van der Waals surface area (Å²) in [5.74, 6) is -0.491. The second-order valence-corrected chi connectivity index (χ2v) is 6.29. The van der Waals surface area contributed by atoms with Gasteiger partial charge in [-0.05, 0) is 37.3 Å². The number of hydrogen-bond donors (Lipinski definition) is 2. The molecule has 7 heteroatoms. The number of anilines is 2. The molecule has 0 saturated heterocycles. The summed E-state index contributed by atoms with van der Waals surface area (Å²) >= 11 is 5.73. The average molecular weight is 315 g/mol. The number of nitrogens with two attached hydrogens (primary N) is 1. The van der Waals surface area contributed by atoms with Gasteiger partial charge in [0, 0.05) is 10.6 Å². The van der Waals surface area contributed by atoms with E-state index in [4.69, 9.17) is 17.3 Å². The van der Waals surface area contributed by atoms with Crippen LogP contribution < -0.4 is 10.5 Å². The van der Waals surface area contributed by atoms with Gasteiger partial charge in [-0.25, -0.2) is 12.8 Å². The lowest BCUT2D eigenvalue weighted by molar-refractivity contribution is 0.601. The molecular weight excluding hydrogens is 303 g/mol. The molecule has 106 valence electrons. The van der Waals surface area contributed by atoms with E-state index in [0.717, 1.165) is 0 Å². The lowest BCUT2D eigenvalue weighted by Crippen LogP contribution is -2.15. The minimum atomic E-state index is -3.90. The third-order valence-corrected chi connectivity index (χ3v) is 4.45. The van der Waals surface area contributed by atoms with Crippen LogP contribution in [-0.2, 0) is 10.0 Å². The Balaban J connectivity index is 2.44. The Kier molecular flexibility index (Phi) is 3.87. The second-order valence-electron chi connectivity index (χ2n) is 4.20. The van der Waals surface area contributed by atoms with Crippen LogP contribution in [0.5, 0.6) is 0 Å². The number of benzene rings is 2. The molecule has 2 rings (SSSR count). The summed E-state index contributed by atoms with van der Waals surface area (Å²) in [6.07, 6.45) is 0. The maximum absolute atomic E-state index is 13.4. The van der Waals surface area contributed by atoms with E-state index >= 15 is 0 Å². The molecule has 0 aliphatic heterocycles. The molecule has 0 atom stereocenters. The summed E-state index contributed by atoms with van der Waals surface area (Å²) in [7, 11) is -3.90. The van der Waals surface area contributed by atoms with Crippen molar-refractivity contribution in [3.8, 4) is 0 Å². The molecular formula is C13H12ClFN2O2S. The van der Waals surface area contributed by atoms with Crippen molar-refractivity contribution < 1.29 is 12.8 Å². The molecule has 3 N–H and O–H groups in total. The zero-order valence-corrected chi connectivity index (χ0v) is 12.1. The second kappa shape index (κ2) is 5.30. The highest BCUT2D eigenvalue weighted by molar-refractivity contribution is 7.92. The average Bonchev–Trinajstić information content (AvgIpc) is 2.34. The molecule has 20 heavy (non-hydrogen) atoms. The normalized spacial score (nSPS) is 11.3. The number of rotatable bonds is 3. The highest BCUT2D eigenvalue weighted by Crippen LogP contribution is 2.26. The van der Waals surface area contributed by atoms with Gasteiger partial charge in [-0.2, -0.15) is 0 Å². The molecule has 0 bridgehead atoms. The van der Waals surface area contributed by atoms with Gasteiger partial charge in [-0.3, -0.25) is 4.72 Å². The van der Waals surface area contributed by atoms with Gasteiger partial charge in [0.1, 0.15) is 10.7 Å². The maximum Gasteiger partial charge on any atom is 0.263 e. The number of nitrogen functional groups attached to an aromatic ring is 1. The molecule has 2 aromatic rings. The third-order valence-electron chi connectivity index (χ3n) is 2.77. The standard InChI is InChI=1S/C13H12ClFN2O2S/c1-8-10(15)3-2-4-12(8)17-20(18,19)13-6-5-9(14)7-11(13)16/h2-7,17H,16H2,1H3. The van der Waals surface area contributed by atoms with Crippen molar-refractivity contribution in [1.82, 2.24) is 0 Å². The topological polar surface area (TPSA) is 72.2 Å². The van der Waals surface area contributed by atoms with Gasteiger partial charge >= 0.3 is 0 Å². The summed E-state index contributed by atoms with van der Waals surface area (Å²) in [6, 6.07) is 8.21. The Bertz CT molecular complexity index is 763. The molecule has 0 unspecified atom stereocenters. The molecule has 0 aromatic heterocycles. The minimum Gasteiger partial charge on any atom is -0.398 e. The molecule has 0 fully saturated rings. The van der Waals surface area contributed by atoms with Gasteiger partial charge in [0.05, 0.1) is 11.4 Å². The fraction of sp³-hybridized carbons (Fsp3) is 0.0769. The van der Waals surface area contributed by atoms with Crippen LogP contribution in [-0.4, -0.2) is 8.42 Å². The van der Waals surface area contributed by atoms with Gasteiger partial charge < -0.3 is 5.73 Å². The van der Waals surface area contributed by atoms with E-state index in [1.807, 2.05) is 0 Å². The first-order chi connectivity index (χ1) is 9.31. The zero-order valence-electron chi connectivity index (χ0n) is 10.5. The predicted molar refractivity (Wildman–Crippen MR) is 77.8 cm³/mol. The van der Waals surface area contributed by atoms with Gasteiger partial charge in [-0.1, -0.05) is 17.7 Å². The fourth-order valence-corrected chi connectivity index (χ4v) is 3.10. The van der Waals surface area contributed by atoms with Crippen LogP contribution in [0.25, 0.3) is 0 Å². The molecule has 0 heterocycles. The lowest BCUT2D eigenvalue weighted by atomic mass is 10.2. The summed E-state index contributed by atoms with van der Waals surface area (Å²) < 4.78 is 40.2. The Morgan fingerprint density at radius 1 is 1.25 bits per heavy atom. The van der Waals surface area contributed by atoms with E-state index in [-0.39, 0.29) is 21.8 Å². The highest BCUT2D eigenvalue weighted by Gasteiger charge is 2.19. The van der Waals surface area contributed by atoms with Crippen molar-refractivity contribution in [2.24, 2.45) is 0 Å². The molecule has 0 spiro atoms. The first-order valence-electron chi connectivity index (χ1n) is 5.64. The summed E-state index contributed by atoms with van der Waals surface area (Å²) in [5, 5.41) is 0.336. The van der Waals surface area contributed by atoms with Gasteiger partial charge in [-0.15, -0.1) is 0 Å². The maximum atomic E-state index is 13.4. The van der Waals surface area contributed by atoms with Gasteiger partial charge in [0.15, 0.2) is 0 Å². The van der Waals surface area contributed by atoms with Crippen molar-refractivity contribution in [3.05, 3.63) is 52.8 Å². The smallest absolute Gasteiger partial charge is 0.263 e. The van der Waals surface area contributed by atoms with Crippen LogP contribution in [0, 0.1) is 12.7 Å². The fourth-order valence-electron chi connectivity index (χ4n) is 1.68. The summed E-state index contributed by atoms with van der Waals surface area (Å²) in [4.78, 5) is -0.106. The molecule has 0 radical (unpaired) electrons. The van der Waals surface area contributed by atoms with Crippen LogP contribution in [0.4, 0.5) is 15.8 Å². The lowest BCUT2D eigenvalue weighted by Gasteiger charge is -2.12. The number of nitrogens with one attached hydrogen (secondary N) is 1. The van der Waals surface area contributed by atoms with E-state index in [1.54, 1.807) is 0 Å². The van der Waals surface area contributed by atoms with Crippen molar-refractivity contribution in [1.29, 1.82) is 0 Å². The molecule has 0 saturated carbocycles. The Labute approximate surface area is 121 Å². The highest BCUT2D eigenvalue weighted by atomic mass is 35.5. The quantitative estimate of drug-likeness (QED) is 0.855.